The van der Waals surface area contributed by atoms with Crippen LogP contribution in [0, 0.1) is 17.5 Å². The van der Waals surface area contributed by atoms with Gasteiger partial charge in [-0.2, -0.15) is 5.26 Å². The SMILES string of the molecule is N#Cc1ccccc1Oc1c[c]ncn1. The van der Waals surface area contributed by atoms with E-state index in [9.17, 15) is 0 Å². The van der Waals surface area contributed by atoms with Crippen molar-refractivity contribution in [3.63, 3.8) is 0 Å². The van der Waals surface area contributed by atoms with E-state index in [0.717, 1.165) is 0 Å². The first-order chi connectivity index (χ1) is 7.40. The van der Waals surface area contributed by atoms with Crippen molar-refractivity contribution >= 4 is 0 Å². The Hall–Kier alpha value is -2.41. The summed E-state index contributed by atoms with van der Waals surface area (Å²) in [5.74, 6) is 0.847. The van der Waals surface area contributed by atoms with E-state index >= 15 is 0 Å². The minimum atomic E-state index is 0.368. The van der Waals surface area contributed by atoms with Crippen molar-refractivity contribution in [3.8, 4) is 17.7 Å². The van der Waals surface area contributed by atoms with E-state index in [0.29, 0.717) is 17.2 Å². The Balaban J connectivity index is 2.29. The zero-order valence-electron chi connectivity index (χ0n) is 7.71. The predicted octanol–water partition coefficient (Wildman–Crippen LogP) is 1.94. The molecule has 0 saturated carbocycles. The molecule has 0 aliphatic carbocycles. The highest BCUT2D eigenvalue weighted by Crippen LogP contribution is 2.21. The molecule has 1 aromatic heterocycles. The molecule has 1 radical (unpaired) electrons. The number of ether oxygens (including phenoxy) is 1. The first-order valence-electron chi connectivity index (χ1n) is 4.25. The summed E-state index contributed by atoms with van der Waals surface area (Å²) in [6.07, 6.45) is 3.94. The maximum atomic E-state index is 8.83. The van der Waals surface area contributed by atoms with Crippen LogP contribution < -0.4 is 4.74 Å². The first-order valence-corrected chi connectivity index (χ1v) is 4.25. The lowest BCUT2D eigenvalue weighted by Crippen LogP contribution is -1.90. The number of rotatable bonds is 2. The Morgan fingerprint density at radius 1 is 1.33 bits per heavy atom. The van der Waals surface area contributed by atoms with Crippen LogP contribution >= 0.6 is 0 Å². The van der Waals surface area contributed by atoms with Crippen LogP contribution in [-0.2, 0) is 0 Å². The van der Waals surface area contributed by atoms with E-state index in [2.05, 4.69) is 16.2 Å². The summed E-state index contributed by atoms with van der Waals surface area (Å²) in [7, 11) is 0. The van der Waals surface area contributed by atoms with E-state index in [1.54, 1.807) is 24.3 Å². The summed E-state index contributed by atoms with van der Waals surface area (Å²) < 4.78 is 5.40. The van der Waals surface area contributed by atoms with Crippen molar-refractivity contribution in [1.29, 1.82) is 5.26 Å². The molecule has 71 valence electrons. The Bertz CT molecular complexity index is 491. The summed E-state index contributed by atoms with van der Waals surface area (Å²) in [6.45, 7) is 0. The molecule has 0 aliphatic rings. The van der Waals surface area contributed by atoms with Crippen molar-refractivity contribution in [2.24, 2.45) is 0 Å². The van der Waals surface area contributed by atoms with Gasteiger partial charge in [0.05, 0.1) is 11.8 Å². The topological polar surface area (TPSA) is 58.8 Å². The maximum Gasteiger partial charge on any atom is 0.222 e. The molecule has 0 atom stereocenters. The molecule has 2 rings (SSSR count). The number of nitriles is 1. The Labute approximate surface area is 86.8 Å². The van der Waals surface area contributed by atoms with Crippen LogP contribution in [0.4, 0.5) is 0 Å². The second-order valence-corrected chi connectivity index (χ2v) is 2.70. The molecule has 4 heteroatoms. The number of hydrogen-bond acceptors (Lipinski definition) is 4. The van der Waals surface area contributed by atoms with Gasteiger partial charge in [-0.1, -0.05) is 12.1 Å². The highest BCUT2D eigenvalue weighted by Gasteiger charge is 2.03. The second-order valence-electron chi connectivity index (χ2n) is 2.70. The van der Waals surface area contributed by atoms with E-state index in [1.807, 2.05) is 6.07 Å². The molecular formula is C11H6N3O. The fraction of sp³-hybridized carbons (Fsp3) is 0. The lowest BCUT2D eigenvalue weighted by Gasteiger charge is -2.04. The Morgan fingerprint density at radius 2 is 2.20 bits per heavy atom. The minimum absolute atomic E-state index is 0.368. The van der Waals surface area contributed by atoms with Crippen molar-refractivity contribution in [2.75, 3.05) is 0 Å². The zero-order valence-corrected chi connectivity index (χ0v) is 7.71. The quantitative estimate of drug-likeness (QED) is 0.736. The zero-order chi connectivity index (χ0) is 10.5. The summed E-state index contributed by atoms with van der Waals surface area (Å²) >= 11 is 0. The molecule has 0 amide bonds. The van der Waals surface area contributed by atoms with Gasteiger partial charge < -0.3 is 4.74 Å². The fourth-order valence-electron chi connectivity index (χ4n) is 1.07. The van der Waals surface area contributed by atoms with Gasteiger partial charge in [0.2, 0.25) is 5.88 Å². The highest BCUT2D eigenvalue weighted by molar-refractivity contribution is 5.43. The molecular weight excluding hydrogens is 190 g/mol. The molecule has 0 unspecified atom stereocenters. The highest BCUT2D eigenvalue weighted by atomic mass is 16.5. The Kier molecular flexibility index (Phi) is 2.56. The van der Waals surface area contributed by atoms with Crippen LogP contribution in [0.1, 0.15) is 5.56 Å². The normalized spacial score (nSPS) is 9.27. The fourth-order valence-corrected chi connectivity index (χ4v) is 1.07. The number of hydrogen-bond donors (Lipinski definition) is 0. The number of aromatic nitrogens is 2. The van der Waals surface area contributed by atoms with Crippen LogP contribution in [0.3, 0.4) is 0 Å². The molecule has 2 aromatic rings. The summed E-state index contributed by atoms with van der Waals surface area (Å²) in [5.41, 5.74) is 0.469. The largest absolute Gasteiger partial charge is 0.438 e. The average molecular weight is 196 g/mol. The molecule has 0 bridgehead atoms. The molecule has 4 nitrogen and oxygen atoms in total. The van der Waals surface area contributed by atoms with Crippen molar-refractivity contribution in [1.82, 2.24) is 9.97 Å². The first kappa shape index (κ1) is 9.16. The Morgan fingerprint density at radius 3 is 2.93 bits per heavy atom. The van der Waals surface area contributed by atoms with Crippen LogP contribution in [0.15, 0.2) is 36.7 Å². The summed E-state index contributed by atoms with van der Waals surface area (Å²) in [5, 5.41) is 8.83. The van der Waals surface area contributed by atoms with Crippen LogP contribution in [0.2, 0.25) is 0 Å². The lowest BCUT2D eigenvalue weighted by molar-refractivity contribution is 0.460. The molecule has 0 aliphatic heterocycles. The molecule has 15 heavy (non-hydrogen) atoms. The van der Waals surface area contributed by atoms with Gasteiger partial charge in [0.15, 0.2) is 0 Å². The molecule has 0 N–H and O–H groups in total. The minimum Gasteiger partial charge on any atom is -0.438 e. The standard InChI is InChI=1S/C11H6N3O/c12-7-9-3-1-2-4-10(9)15-11-5-6-13-8-14-11/h1-5,8H. The third kappa shape index (κ3) is 2.09. The van der Waals surface area contributed by atoms with Gasteiger partial charge in [0, 0.05) is 6.07 Å². The van der Waals surface area contributed by atoms with E-state index < -0.39 is 0 Å². The number of nitrogens with zero attached hydrogens (tertiary/aromatic N) is 3. The third-order valence-corrected chi connectivity index (χ3v) is 1.73. The molecule has 0 saturated heterocycles. The van der Waals surface area contributed by atoms with Crippen LogP contribution in [0.5, 0.6) is 11.6 Å². The molecule has 0 spiro atoms. The smallest absolute Gasteiger partial charge is 0.222 e. The van der Waals surface area contributed by atoms with E-state index in [1.165, 1.54) is 12.4 Å². The van der Waals surface area contributed by atoms with Crippen molar-refractivity contribution in [2.45, 2.75) is 0 Å². The van der Waals surface area contributed by atoms with Gasteiger partial charge in [-0.15, -0.1) is 0 Å². The van der Waals surface area contributed by atoms with Gasteiger partial charge in [-0.25, -0.2) is 9.97 Å². The molecule has 1 heterocycles. The van der Waals surface area contributed by atoms with Gasteiger partial charge in [-0.05, 0) is 12.1 Å². The monoisotopic (exact) mass is 196 g/mol. The third-order valence-electron chi connectivity index (χ3n) is 1.73. The average Bonchev–Trinajstić information content (AvgIpc) is 2.31. The summed E-state index contributed by atoms with van der Waals surface area (Å²) in [4.78, 5) is 7.52. The number of para-hydroxylation sites is 1. The van der Waals surface area contributed by atoms with Gasteiger partial charge >= 0.3 is 0 Å². The number of benzene rings is 1. The van der Waals surface area contributed by atoms with Crippen LogP contribution in [-0.4, -0.2) is 9.97 Å². The van der Waals surface area contributed by atoms with Crippen molar-refractivity contribution in [3.05, 3.63) is 48.4 Å². The molecule has 1 aromatic carbocycles. The maximum absolute atomic E-state index is 8.83. The van der Waals surface area contributed by atoms with Gasteiger partial charge in [-0.3, -0.25) is 0 Å². The van der Waals surface area contributed by atoms with E-state index in [-0.39, 0.29) is 0 Å². The van der Waals surface area contributed by atoms with Crippen molar-refractivity contribution < 1.29 is 4.74 Å². The summed E-state index contributed by atoms with van der Waals surface area (Å²) in [6, 6.07) is 10.5. The lowest BCUT2D eigenvalue weighted by atomic mass is 10.2. The van der Waals surface area contributed by atoms with Gasteiger partial charge in [0.25, 0.3) is 0 Å². The second kappa shape index (κ2) is 4.20. The van der Waals surface area contributed by atoms with Gasteiger partial charge in [0.1, 0.15) is 18.1 Å². The molecule has 0 fully saturated rings. The van der Waals surface area contributed by atoms with Crippen LogP contribution in [0.25, 0.3) is 0 Å². The predicted molar refractivity (Wildman–Crippen MR) is 52.1 cm³/mol. The van der Waals surface area contributed by atoms with E-state index in [4.69, 9.17) is 10.00 Å².